The van der Waals surface area contributed by atoms with Gasteiger partial charge in [-0.3, -0.25) is 9.69 Å². The van der Waals surface area contributed by atoms with Gasteiger partial charge in [-0.15, -0.1) is 0 Å². The van der Waals surface area contributed by atoms with E-state index in [1.54, 1.807) is 0 Å². The lowest BCUT2D eigenvalue weighted by molar-refractivity contribution is 0.0367. The topological polar surface area (TPSA) is 49.6 Å². The minimum Gasteiger partial charge on any atom is -0.441 e. The molecule has 2 fully saturated rings. The number of oxazole rings is 1. The van der Waals surface area contributed by atoms with Crippen LogP contribution in [0.15, 0.2) is 34.7 Å². The minimum absolute atomic E-state index is 0.00338. The second-order valence-corrected chi connectivity index (χ2v) is 6.73. The summed E-state index contributed by atoms with van der Waals surface area (Å²) in [6.07, 6.45) is 3.74. The molecule has 0 radical (unpaired) electrons. The number of benzene rings is 1. The van der Waals surface area contributed by atoms with Crippen LogP contribution in [0.25, 0.3) is 11.5 Å². The van der Waals surface area contributed by atoms with E-state index in [1.165, 1.54) is 25.8 Å². The lowest BCUT2D eigenvalue weighted by Crippen LogP contribution is -2.56. The second-order valence-electron chi connectivity index (χ2n) is 6.73. The highest BCUT2D eigenvalue weighted by Crippen LogP contribution is 2.25. The van der Waals surface area contributed by atoms with E-state index in [1.807, 2.05) is 42.2 Å². The Morgan fingerprint density at radius 2 is 2.00 bits per heavy atom. The third kappa shape index (κ3) is 2.84. The van der Waals surface area contributed by atoms with Crippen LogP contribution in [0.2, 0.25) is 0 Å². The van der Waals surface area contributed by atoms with E-state index >= 15 is 0 Å². The van der Waals surface area contributed by atoms with Gasteiger partial charge < -0.3 is 9.32 Å². The fourth-order valence-corrected chi connectivity index (χ4v) is 3.79. The maximum Gasteiger partial charge on any atom is 0.276 e. The zero-order valence-corrected chi connectivity index (χ0v) is 14.1. The summed E-state index contributed by atoms with van der Waals surface area (Å²) in [6, 6.07) is 10.2. The molecule has 24 heavy (non-hydrogen) atoms. The van der Waals surface area contributed by atoms with Crippen molar-refractivity contribution in [3.63, 3.8) is 0 Å². The average molecular weight is 325 g/mol. The molecule has 126 valence electrons. The number of piperidine rings is 1. The van der Waals surface area contributed by atoms with Gasteiger partial charge in [0.15, 0.2) is 5.69 Å². The zero-order valence-electron chi connectivity index (χ0n) is 14.1. The lowest BCUT2D eigenvalue weighted by atomic mass is 9.99. The number of rotatable bonds is 2. The molecule has 3 heterocycles. The van der Waals surface area contributed by atoms with E-state index in [0.717, 1.165) is 25.2 Å². The molecule has 1 atom stereocenters. The molecule has 1 amide bonds. The summed E-state index contributed by atoms with van der Waals surface area (Å²) < 4.78 is 5.75. The van der Waals surface area contributed by atoms with Crippen molar-refractivity contribution in [2.75, 3.05) is 26.2 Å². The number of hydrogen-bond donors (Lipinski definition) is 0. The van der Waals surface area contributed by atoms with Crippen molar-refractivity contribution < 1.29 is 9.21 Å². The number of carbonyl (C=O) groups excluding carboxylic acids is 1. The van der Waals surface area contributed by atoms with E-state index in [-0.39, 0.29) is 5.91 Å². The van der Waals surface area contributed by atoms with Crippen LogP contribution in [0.1, 0.15) is 35.5 Å². The molecular formula is C19H23N3O2. The van der Waals surface area contributed by atoms with Gasteiger partial charge in [0.25, 0.3) is 5.91 Å². The third-order valence-electron chi connectivity index (χ3n) is 5.14. The maximum absolute atomic E-state index is 12.9. The smallest absolute Gasteiger partial charge is 0.276 e. The molecular weight excluding hydrogens is 302 g/mol. The summed E-state index contributed by atoms with van der Waals surface area (Å²) in [5.74, 6) is 1.13. The summed E-state index contributed by atoms with van der Waals surface area (Å²) >= 11 is 0. The van der Waals surface area contributed by atoms with Gasteiger partial charge in [-0.05, 0) is 38.4 Å². The van der Waals surface area contributed by atoms with Crippen molar-refractivity contribution >= 4 is 5.91 Å². The fraction of sp³-hybridized carbons (Fsp3) is 0.474. The molecule has 0 bridgehead atoms. The van der Waals surface area contributed by atoms with E-state index in [4.69, 9.17) is 4.42 Å². The number of amides is 1. The Labute approximate surface area is 142 Å². The monoisotopic (exact) mass is 325 g/mol. The zero-order chi connectivity index (χ0) is 16.5. The van der Waals surface area contributed by atoms with E-state index in [0.29, 0.717) is 23.4 Å². The van der Waals surface area contributed by atoms with Crippen molar-refractivity contribution in [2.24, 2.45) is 0 Å². The van der Waals surface area contributed by atoms with Gasteiger partial charge in [0.2, 0.25) is 5.89 Å². The maximum atomic E-state index is 12.9. The molecule has 2 aliphatic rings. The first-order chi connectivity index (χ1) is 11.7. The van der Waals surface area contributed by atoms with Gasteiger partial charge in [0.1, 0.15) is 5.76 Å². The van der Waals surface area contributed by atoms with Crippen LogP contribution in [0.3, 0.4) is 0 Å². The van der Waals surface area contributed by atoms with Gasteiger partial charge in [-0.25, -0.2) is 4.98 Å². The lowest BCUT2D eigenvalue weighted by Gasteiger charge is -2.43. The molecule has 5 heteroatoms. The first kappa shape index (κ1) is 15.4. The number of piperazine rings is 1. The number of hydrogen-bond acceptors (Lipinski definition) is 4. The van der Waals surface area contributed by atoms with Crippen molar-refractivity contribution in [1.29, 1.82) is 0 Å². The highest BCUT2D eigenvalue weighted by atomic mass is 16.4. The molecule has 1 aromatic heterocycles. The van der Waals surface area contributed by atoms with E-state index in [9.17, 15) is 4.79 Å². The van der Waals surface area contributed by atoms with Crippen molar-refractivity contribution in [3.8, 4) is 11.5 Å². The summed E-state index contributed by atoms with van der Waals surface area (Å²) in [4.78, 5) is 21.9. The molecule has 0 unspecified atom stereocenters. The highest BCUT2D eigenvalue weighted by molar-refractivity contribution is 5.93. The number of nitrogens with zero attached hydrogens (tertiary/aromatic N) is 3. The van der Waals surface area contributed by atoms with E-state index in [2.05, 4.69) is 9.88 Å². The van der Waals surface area contributed by atoms with Crippen LogP contribution in [-0.4, -0.2) is 52.9 Å². The standard InChI is InChI=1S/C19H23N3O2/c1-14-17(20-18(24-14)15-7-3-2-4-8-15)19(23)22-12-11-21-10-6-5-9-16(21)13-22/h2-4,7-8,16H,5-6,9-13H2,1H3/t16-/m1/s1. The summed E-state index contributed by atoms with van der Waals surface area (Å²) in [7, 11) is 0. The van der Waals surface area contributed by atoms with Crippen LogP contribution in [0.4, 0.5) is 0 Å². The predicted molar refractivity (Wildman–Crippen MR) is 91.8 cm³/mol. The molecule has 0 spiro atoms. The first-order valence-electron chi connectivity index (χ1n) is 8.78. The molecule has 0 aliphatic carbocycles. The Morgan fingerprint density at radius 3 is 2.83 bits per heavy atom. The Kier molecular flexibility index (Phi) is 4.10. The van der Waals surface area contributed by atoms with Gasteiger partial charge in [0.05, 0.1) is 0 Å². The fourth-order valence-electron chi connectivity index (χ4n) is 3.79. The van der Waals surface area contributed by atoms with Crippen molar-refractivity contribution in [3.05, 3.63) is 41.8 Å². The molecule has 5 nitrogen and oxygen atoms in total. The van der Waals surface area contributed by atoms with Gasteiger partial charge in [-0.2, -0.15) is 0 Å². The van der Waals surface area contributed by atoms with Crippen LogP contribution in [-0.2, 0) is 0 Å². The predicted octanol–water partition coefficient (Wildman–Crippen LogP) is 2.96. The van der Waals surface area contributed by atoms with Gasteiger partial charge in [-0.1, -0.05) is 24.6 Å². The Hall–Kier alpha value is -2.14. The number of aromatic nitrogens is 1. The summed E-state index contributed by atoms with van der Waals surface area (Å²) in [6.45, 7) is 5.56. The molecule has 0 N–H and O–H groups in total. The second kappa shape index (κ2) is 6.40. The van der Waals surface area contributed by atoms with E-state index < -0.39 is 0 Å². The summed E-state index contributed by atoms with van der Waals surface area (Å²) in [5.41, 5.74) is 1.36. The molecule has 0 saturated carbocycles. The molecule has 2 aliphatic heterocycles. The molecule has 2 saturated heterocycles. The van der Waals surface area contributed by atoms with Crippen LogP contribution >= 0.6 is 0 Å². The van der Waals surface area contributed by atoms with Gasteiger partial charge in [0, 0.05) is 31.2 Å². The quantitative estimate of drug-likeness (QED) is 0.852. The number of aryl methyl sites for hydroxylation is 1. The van der Waals surface area contributed by atoms with Crippen LogP contribution in [0.5, 0.6) is 0 Å². The Morgan fingerprint density at radius 1 is 1.17 bits per heavy atom. The van der Waals surface area contributed by atoms with Crippen molar-refractivity contribution in [1.82, 2.24) is 14.8 Å². The van der Waals surface area contributed by atoms with Crippen LogP contribution in [0, 0.1) is 6.92 Å². The number of fused-ring (bicyclic) bond motifs is 1. The summed E-state index contributed by atoms with van der Waals surface area (Å²) in [5, 5.41) is 0. The third-order valence-corrected chi connectivity index (χ3v) is 5.14. The Bertz CT molecular complexity index is 725. The largest absolute Gasteiger partial charge is 0.441 e. The molecule has 1 aromatic carbocycles. The van der Waals surface area contributed by atoms with Gasteiger partial charge >= 0.3 is 0 Å². The highest BCUT2D eigenvalue weighted by Gasteiger charge is 2.33. The van der Waals surface area contributed by atoms with Crippen molar-refractivity contribution in [2.45, 2.75) is 32.2 Å². The minimum atomic E-state index is 0.00338. The normalized spacial score (nSPS) is 21.5. The average Bonchev–Trinajstić information content (AvgIpc) is 3.03. The Balaban J connectivity index is 1.53. The number of carbonyl (C=O) groups is 1. The first-order valence-corrected chi connectivity index (χ1v) is 8.78. The molecule has 2 aromatic rings. The molecule has 4 rings (SSSR count). The SMILES string of the molecule is Cc1oc(-c2ccccc2)nc1C(=O)N1CCN2CCCC[C@@H]2C1. The van der Waals surface area contributed by atoms with Crippen LogP contribution < -0.4 is 0 Å².